The highest BCUT2D eigenvalue weighted by atomic mass is 16.5. The molecule has 2 N–H and O–H groups in total. The van der Waals surface area contributed by atoms with Gasteiger partial charge in [0.05, 0.1) is 26.7 Å². The molecule has 1 fully saturated rings. The van der Waals surface area contributed by atoms with Gasteiger partial charge in [-0.3, -0.25) is 14.7 Å². The lowest BCUT2D eigenvalue weighted by atomic mass is 10.3. The molecule has 0 bridgehead atoms. The van der Waals surface area contributed by atoms with Crippen molar-refractivity contribution in [1.82, 2.24) is 15.5 Å². The SMILES string of the molecule is CCNC(=NCCCN1CCOCC1)NCCC(=O)OC. The average Bonchev–Trinajstić information content (AvgIpc) is 2.52. The van der Waals surface area contributed by atoms with Crippen molar-refractivity contribution in [2.45, 2.75) is 19.8 Å². The van der Waals surface area contributed by atoms with Crippen LogP contribution >= 0.6 is 0 Å². The zero-order valence-corrected chi connectivity index (χ0v) is 13.2. The van der Waals surface area contributed by atoms with E-state index in [0.29, 0.717) is 13.0 Å². The minimum Gasteiger partial charge on any atom is -0.469 e. The highest BCUT2D eigenvalue weighted by Crippen LogP contribution is 1.98. The molecule has 122 valence electrons. The Balaban J connectivity index is 2.18. The number of nitrogens with one attached hydrogen (secondary N) is 2. The Morgan fingerprint density at radius 3 is 2.76 bits per heavy atom. The van der Waals surface area contributed by atoms with E-state index in [4.69, 9.17) is 4.74 Å². The predicted molar refractivity (Wildman–Crippen MR) is 82.5 cm³/mol. The number of rotatable bonds is 8. The van der Waals surface area contributed by atoms with E-state index in [2.05, 4.69) is 25.3 Å². The summed E-state index contributed by atoms with van der Waals surface area (Å²) in [7, 11) is 1.40. The van der Waals surface area contributed by atoms with Gasteiger partial charge in [0, 0.05) is 39.3 Å². The van der Waals surface area contributed by atoms with Crippen LogP contribution in [0.15, 0.2) is 4.99 Å². The number of hydrogen-bond acceptors (Lipinski definition) is 5. The maximum Gasteiger partial charge on any atom is 0.307 e. The van der Waals surface area contributed by atoms with Gasteiger partial charge in [-0.25, -0.2) is 0 Å². The standard InChI is InChI=1S/C14H28N4O3/c1-3-15-14(17-7-5-13(19)20-2)16-6-4-8-18-9-11-21-12-10-18/h3-12H2,1-2H3,(H2,15,16,17). The van der Waals surface area contributed by atoms with Crippen LogP contribution in [0.3, 0.4) is 0 Å². The second kappa shape index (κ2) is 11.3. The van der Waals surface area contributed by atoms with Gasteiger partial charge in [0.25, 0.3) is 0 Å². The number of ether oxygens (including phenoxy) is 2. The van der Waals surface area contributed by atoms with Crippen molar-refractivity contribution in [1.29, 1.82) is 0 Å². The van der Waals surface area contributed by atoms with Crippen molar-refractivity contribution in [3.05, 3.63) is 0 Å². The van der Waals surface area contributed by atoms with Crippen LogP contribution in [0.2, 0.25) is 0 Å². The van der Waals surface area contributed by atoms with E-state index in [9.17, 15) is 4.79 Å². The zero-order valence-electron chi connectivity index (χ0n) is 13.2. The summed E-state index contributed by atoms with van der Waals surface area (Å²) >= 11 is 0. The van der Waals surface area contributed by atoms with Crippen LogP contribution in [-0.2, 0) is 14.3 Å². The lowest BCUT2D eigenvalue weighted by molar-refractivity contribution is -0.140. The summed E-state index contributed by atoms with van der Waals surface area (Å²) in [5.74, 6) is 0.536. The molecule has 7 heteroatoms. The highest BCUT2D eigenvalue weighted by molar-refractivity contribution is 5.80. The molecule has 0 amide bonds. The first-order valence-corrected chi connectivity index (χ1v) is 7.65. The van der Waals surface area contributed by atoms with Crippen LogP contribution in [0, 0.1) is 0 Å². The molecule has 0 aromatic heterocycles. The molecule has 0 radical (unpaired) electrons. The topological polar surface area (TPSA) is 75.2 Å². The zero-order chi connectivity index (χ0) is 15.3. The molecule has 1 saturated heterocycles. The van der Waals surface area contributed by atoms with Crippen LogP contribution in [0.25, 0.3) is 0 Å². The number of nitrogens with zero attached hydrogens (tertiary/aromatic N) is 2. The molecule has 0 aromatic rings. The Labute approximate surface area is 127 Å². The first-order valence-electron chi connectivity index (χ1n) is 7.65. The predicted octanol–water partition coefficient (Wildman–Crippen LogP) is -0.173. The number of guanidine groups is 1. The second-order valence-electron chi connectivity index (χ2n) is 4.82. The fraction of sp³-hybridized carbons (Fsp3) is 0.857. The summed E-state index contributed by atoms with van der Waals surface area (Å²) in [6, 6.07) is 0. The number of morpholine rings is 1. The van der Waals surface area contributed by atoms with Crippen LogP contribution in [-0.4, -0.2) is 76.4 Å². The van der Waals surface area contributed by atoms with Crippen molar-refractivity contribution in [3.63, 3.8) is 0 Å². The Morgan fingerprint density at radius 2 is 2.10 bits per heavy atom. The fourth-order valence-corrected chi connectivity index (χ4v) is 2.04. The number of hydrogen-bond donors (Lipinski definition) is 2. The summed E-state index contributed by atoms with van der Waals surface area (Å²) < 4.78 is 9.92. The molecule has 1 heterocycles. The maximum absolute atomic E-state index is 11.0. The lowest BCUT2D eigenvalue weighted by Gasteiger charge is -2.26. The van der Waals surface area contributed by atoms with E-state index in [0.717, 1.165) is 58.3 Å². The molecule has 21 heavy (non-hydrogen) atoms. The van der Waals surface area contributed by atoms with E-state index < -0.39 is 0 Å². The number of carbonyl (C=O) groups excluding carboxylic acids is 1. The van der Waals surface area contributed by atoms with Crippen LogP contribution in [0.1, 0.15) is 19.8 Å². The van der Waals surface area contributed by atoms with Gasteiger partial charge in [-0.15, -0.1) is 0 Å². The number of esters is 1. The van der Waals surface area contributed by atoms with Crippen LogP contribution in [0.4, 0.5) is 0 Å². The molecule has 0 atom stereocenters. The van der Waals surface area contributed by atoms with Crippen molar-refractivity contribution in [2.24, 2.45) is 4.99 Å². The summed E-state index contributed by atoms with van der Waals surface area (Å²) in [4.78, 5) is 18.0. The molecular weight excluding hydrogens is 272 g/mol. The molecule has 7 nitrogen and oxygen atoms in total. The molecule has 1 aliphatic heterocycles. The molecule has 1 rings (SSSR count). The monoisotopic (exact) mass is 300 g/mol. The van der Waals surface area contributed by atoms with Crippen LogP contribution < -0.4 is 10.6 Å². The third kappa shape index (κ3) is 8.52. The Morgan fingerprint density at radius 1 is 1.33 bits per heavy atom. The quantitative estimate of drug-likeness (QED) is 0.280. The molecule has 0 aromatic carbocycles. The van der Waals surface area contributed by atoms with Crippen molar-refractivity contribution in [2.75, 3.05) is 59.6 Å². The van der Waals surface area contributed by atoms with Gasteiger partial charge < -0.3 is 20.1 Å². The van der Waals surface area contributed by atoms with Crippen LogP contribution in [0.5, 0.6) is 0 Å². The smallest absolute Gasteiger partial charge is 0.307 e. The van der Waals surface area contributed by atoms with Gasteiger partial charge in [0.1, 0.15) is 0 Å². The number of carbonyl (C=O) groups is 1. The van der Waals surface area contributed by atoms with E-state index in [1.54, 1.807) is 0 Å². The van der Waals surface area contributed by atoms with Crippen molar-refractivity contribution < 1.29 is 14.3 Å². The highest BCUT2D eigenvalue weighted by Gasteiger charge is 2.09. The molecular formula is C14H28N4O3. The van der Waals surface area contributed by atoms with Gasteiger partial charge in [-0.2, -0.15) is 0 Å². The van der Waals surface area contributed by atoms with E-state index in [1.807, 2.05) is 6.92 Å². The first kappa shape index (κ1) is 17.7. The molecule has 0 spiro atoms. The Bertz CT molecular complexity index is 317. The maximum atomic E-state index is 11.0. The Hall–Kier alpha value is -1.34. The number of aliphatic imine (C=N–C) groups is 1. The van der Waals surface area contributed by atoms with Gasteiger partial charge in [0.2, 0.25) is 0 Å². The first-order chi connectivity index (χ1) is 10.3. The second-order valence-corrected chi connectivity index (χ2v) is 4.82. The number of methoxy groups -OCH3 is 1. The Kier molecular flexibility index (Phi) is 9.56. The molecule has 1 aliphatic rings. The third-order valence-electron chi connectivity index (χ3n) is 3.20. The minimum absolute atomic E-state index is 0.217. The van der Waals surface area contributed by atoms with Crippen molar-refractivity contribution >= 4 is 11.9 Å². The largest absolute Gasteiger partial charge is 0.469 e. The summed E-state index contributed by atoms with van der Waals surface area (Å²) in [5.41, 5.74) is 0. The molecule has 0 aliphatic carbocycles. The molecule has 0 saturated carbocycles. The normalized spacial score (nSPS) is 16.6. The van der Waals surface area contributed by atoms with Gasteiger partial charge in [-0.05, 0) is 13.3 Å². The van der Waals surface area contributed by atoms with E-state index in [1.165, 1.54) is 7.11 Å². The molecule has 0 unspecified atom stereocenters. The van der Waals surface area contributed by atoms with E-state index in [-0.39, 0.29) is 5.97 Å². The van der Waals surface area contributed by atoms with Gasteiger partial charge in [-0.1, -0.05) is 0 Å². The average molecular weight is 300 g/mol. The summed E-state index contributed by atoms with van der Waals surface area (Å²) in [5, 5.41) is 6.29. The van der Waals surface area contributed by atoms with Gasteiger partial charge >= 0.3 is 5.97 Å². The fourth-order valence-electron chi connectivity index (χ4n) is 2.04. The van der Waals surface area contributed by atoms with E-state index >= 15 is 0 Å². The van der Waals surface area contributed by atoms with Crippen molar-refractivity contribution in [3.8, 4) is 0 Å². The summed E-state index contributed by atoms with van der Waals surface area (Å²) in [6.07, 6.45) is 1.36. The minimum atomic E-state index is -0.217. The van der Waals surface area contributed by atoms with Gasteiger partial charge in [0.15, 0.2) is 5.96 Å². The lowest BCUT2D eigenvalue weighted by Crippen LogP contribution is -2.39. The third-order valence-corrected chi connectivity index (χ3v) is 3.20. The summed E-state index contributed by atoms with van der Waals surface area (Å²) in [6.45, 7) is 8.87.